The fourth-order valence-electron chi connectivity index (χ4n) is 3.62. The summed E-state index contributed by atoms with van der Waals surface area (Å²) in [5.41, 5.74) is 1.95. The van der Waals surface area contributed by atoms with Crippen LogP contribution in [0.15, 0.2) is 89.6 Å². The summed E-state index contributed by atoms with van der Waals surface area (Å²) in [6, 6.07) is 21.4. The largest absolute Gasteiger partial charge is 0.465 e. The SMILES string of the molecule is COC(=O)C1=C(C)N(c2cc(Cl)cc(Cl)c2)C(=O)/C1=C\c1cccc(Oc2ccccc2)c1. The third kappa shape index (κ3) is 4.80. The van der Waals surface area contributed by atoms with Crippen LogP contribution in [-0.4, -0.2) is 19.0 Å². The van der Waals surface area contributed by atoms with E-state index in [4.69, 9.17) is 32.7 Å². The van der Waals surface area contributed by atoms with Gasteiger partial charge in [0.2, 0.25) is 0 Å². The van der Waals surface area contributed by atoms with Gasteiger partial charge in [-0.3, -0.25) is 9.69 Å². The van der Waals surface area contributed by atoms with E-state index in [1.807, 2.05) is 48.5 Å². The number of methoxy groups -OCH3 is 1. The van der Waals surface area contributed by atoms with Gasteiger partial charge in [-0.15, -0.1) is 0 Å². The molecule has 1 heterocycles. The number of benzene rings is 3. The van der Waals surface area contributed by atoms with Crippen LogP contribution < -0.4 is 9.64 Å². The van der Waals surface area contributed by atoms with Crippen molar-refractivity contribution in [3.8, 4) is 11.5 Å². The predicted molar refractivity (Wildman–Crippen MR) is 130 cm³/mol. The molecule has 33 heavy (non-hydrogen) atoms. The number of hydrogen-bond donors (Lipinski definition) is 0. The van der Waals surface area contributed by atoms with Gasteiger partial charge in [0, 0.05) is 15.7 Å². The van der Waals surface area contributed by atoms with Crippen molar-refractivity contribution in [2.24, 2.45) is 0 Å². The summed E-state index contributed by atoms with van der Waals surface area (Å²) in [7, 11) is 1.28. The lowest BCUT2D eigenvalue weighted by Crippen LogP contribution is -2.24. The van der Waals surface area contributed by atoms with E-state index in [9.17, 15) is 9.59 Å². The first kappa shape index (κ1) is 22.6. The van der Waals surface area contributed by atoms with E-state index < -0.39 is 5.97 Å². The Bertz CT molecular complexity index is 1280. The van der Waals surface area contributed by atoms with Crippen molar-refractivity contribution in [1.29, 1.82) is 0 Å². The van der Waals surface area contributed by atoms with Gasteiger partial charge >= 0.3 is 5.97 Å². The van der Waals surface area contributed by atoms with Gasteiger partial charge in [-0.25, -0.2) is 4.79 Å². The molecule has 0 unspecified atom stereocenters. The summed E-state index contributed by atoms with van der Waals surface area (Å²) in [5.74, 6) is 0.286. The summed E-state index contributed by atoms with van der Waals surface area (Å²) in [5, 5.41) is 0.752. The molecule has 0 spiro atoms. The van der Waals surface area contributed by atoms with Crippen molar-refractivity contribution in [2.45, 2.75) is 6.92 Å². The molecule has 0 saturated carbocycles. The zero-order valence-corrected chi connectivity index (χ0v) is 19.4. The van der Waals surface area contributed by atoms with E-state index in [1.54, 1.807) is 37.3 Å². The number of ether oxygens (including phenoxy) is 2. The van der Waals surface area contributed by atoms with Gasteiger partial charge in [-0.2, -0.15) is 0 Å². The van der Waals surface area contributed by atoms with Crippen LogP contribution in [0.1, 0.15) is 12.5 Å². The Morgan fingerprint density at radius 2 is 1.58 bits per heavy atom. The molecule has 1 amide bonds. The van der Waals surface area contributed by atoms with Crippen LogP contribution in [0.5, 0.6) is 11.5 Å². The van der Waals surface area contributed by atoms with E-state index >= 15 is 0 Å². The molecular formula is C26H19Cl2NO4. The molecule has 0 radical (unpaired) electrons. The molecule has 0 aliphatic carbocycles. The monoisotopic (exact) mass is 479 g/mol. The second kappa shape index (κ2) is 9.53. The number of carbonyl (C=O) groups is 2. The lowest BCUT2D eigenvalue weighted by Gasteiger charge is -2.18. The molecule has 1 aliphatic heterocycles. The second-order valence-electron chi connectivity index (χ2n) is 7.27. The Morgan fingerprint density at radius 3 is 2.24 bits per heavy atom. The molecule has 4 rings (SSSR count). The molecule has 0 saturated heterocycles. The molecule has 7 heteroatoms. The van der Waals surface area contributed by atoms with Gasteiger partial charge in [0.15, 0.2) is 0 Å². The van der Waals surface area contributed by atoms with E-state index in [1.165, 1.54) is 12.0 Å². The summed E-state index contributed by atoms with van der Waals surface area (Å²) >= 11 is 12.3. The molecule has 3 aromatic rings. The number of para-hydroxylation sites is 1. The van der Waals surface area contributed by atoms with Crippen LogP contribution in [0.3, 0.4) is 0 Å². The summed E-state index contributed by atoms with van der Waals surface area (Å²) in [6.07, 6.45) is 1.64. The number of carbonyl (C=O) groups excluding carboxylic acids is 2. The van der Waals surface area contributed by atoms with Gasteiger partial charge in [0.05, 0.1) is 23.9 Å². The van der Waals surface area contributed by atoms with Crippen molar-refractivity contribution in [3.05, 3.63) is 105 Å². The third-order valence-electron chi connectivity index (χ3n) is 5.04. The summed E-state index contributed by atoms with van der Waals surface area (Å²) < 4.78 is 10.8. The number of hydrogen-bond acceptors (Lipinski definition) is 4. The fraction of sp³-hybridized carbons (Fsp3) is 0.0769. The Kier molecular flexibility index (Phi) is 6.54. The Balaban J connectivity index is 1.75. The number of nitrogens with zero attached hydrogens (tertiary/aromatic N) is 1. The zero-order valence-electron chi connectivity index (χ0n) is 17.8. The predicted octanol–water partition coefficient (Wildman–Crippen LogP) is 6.66. The molecule has 0 N–H and O–H groups in total. The van der Waals surface area contributed by atoms with Crippen LogP contribution in [0.25, 0.3) is 6.08 Å². The molecule has 0 bridgehead atoms. The van der Waals surface area contributed by atoms with Crippen LogP contribution in [-0.2, 0) is 14.3 Å². The van der Waals surface area contributed by atoms with E-state index in [0.717, 1.165) is 0 Å². The number of esters is 1. The lowest BCUT2D eigenvalue weighted by molar-refractivity contribution is -0.136. The molecular weight excluding hydrogens is 461 g/mol. The minimum Gasteiger partial charge on any atom is -0.465 e. The Morgan fingerprint density at radius 1 is 0.909 bits per heavy atom. The van der Waals surface area contributed by atoms with Crippen molar-refractivity contribution < 1.29 is 19.1 Å². The second-order valence-corrected chi connectivity index (χ2v) is 8.14. The highest BCUT2D eigenvalue weighted by atomic mass is 35.5. The first-order chi connectivity index (χ1) is 15.9. The molecule has 0 atom stereocenters. The topological polar surface area (TPSA) is 55.8 Å². The number of halogens is 2. The highest BCUT2D eigenvalue weighted by Gasteiger charge is 2.38. The maximum atomic E-state index is 13.4. The quantitative estimate of drug-likeness (QED) is 0.303. The Hall–Kier alpha value is -3.54. The van der Waals surface area contributed by atoms with Crippen LogP contribution in [0.4, 0.5) is 5.69 Å². The van der Waals surface area contributed by atoms with Crippen LogP contribution >= 0.6 is 23.2 Å². The van der Waals surface area contributed by atoms with Gasteiger partial charge in [-0.1, -0.05) is 53.5 Å². The first-order valence-corrected chi connectivity index (χ1v) is 10.8. The van der Waals surface area contributed by atoms with Crippen molar-refractivity contribution in [2.75, 3.05) is 12.0 Å². The fourth-order valence-corrected chi connectivity index (χ4v) is 4.13. The molecule has 0 aromatic heterocycles. The number of anilines is 1. The van der Waals surface area contributed by atoms with E-state index in [-0.39, 0.29) is 17.1 Å². The third-order valence-corrected chi connectivity index (χ3v) is 5.48. The van der Waals surface area contributed by atoms with Crippen molar-refractivity contribution >= 4 is 46.8 Å². The summed E-state index contributed by atoms with van der Waals surface area (Å²) in [4.78, 5) is 27.5. The lowest BCUT2D eigenvalue weighted by atomic mass is 10.0. The average molecular weight is 480 g/mol. The maximum Gasteiger partial charge on any atom is 0.340 e. The van der Waals surface area contributed by atoms with Crippen molar-refractivity contribution in [3.63, 3.8) is 0 Å². The Labute approximate surface area is 201 Å². The van der Waals surface area contributed by atoms with Crippen LogP contribution in [0, 0.1) is 0 Å². The van der Waals surface area contributed by atoms with Gasteiger partial charge < -0.3 is 9.47 Å². The number of rotatable bonds is 5. The number of allylic oxidation sites excluding steroid dienone is 1. The molecule has 166 valence electrons. The minimum atomic E-state index is -0.612. The molecule has 5 nitrogen and oxygen atoms in total. The van der Waals surface area contributed by atoms with E-state index in [2.05, 4.69) is 0 Å². The number of amides is 1. The smallest absolute Gasteiger partial charge is 0.340 e. The van der Waals surface area contributed by atoms with Crippen molar-refractivity contribution in [1.82, 2.24) is 0 Å². The van der Waals surface area contributed by atoms with Gasteiger partial charge in [0.1, 0.15) is 11.5 Å². The maximum absolute atomic E-state index is 13.4. The van der Waals surface area contributed by atoms with E-state index in [0.29, 0.717) is 38.5 Å². The molecule has 0 fully saturated rings. The standard InChI is InChI=1S/C26H19Cl2NO4/c1-16-24(26(31)32-2)23(25(30)29(16)20-14-18(27)13-19(28)15-20)12-17-7-6-10-22(11-17)33-21-8-4-3-5-9-21/h3-15H,1-2H3/b23-12-. The zero-order chi connectivity index (χ0) is 23.5. The minimum absolute atomic E-state index is 0.174. The van der Waals surface area contributed by atoms with Gasteiger partial charge in [0.25, 0.3) is 5.91 Å². The van der Waals surface area contributed by atoms with Crippen LogP contribution in [0.2, 0.25) is 10.0 Å². The molecule has 1 aliphatic rings. The first-order valence-electron chi connectivity index (χ1n) is 10.0. The highest BCUT2D eigenvalue weighted by molar-refractivity contribution is 6.35. The highest BCUT2D eigenvalue weighted by Crippen LogP contribution is 2.37. The summed E-state index contributed by atoms with van der Waals surface area (Å²) in [6.45, 7) is 1.68. The normalized spacial score (nSPS) is 14.7. The molecule has 3 aromatic carbocycles. The van der Waals surface area contributed by atoms with Gasteiger partial charge in [-0.05, 0) is 61.0 Å². The average Bonchev–Trinajstić information content (AvgIpc) is 3.03.